The van der Waals surface area contributed by atoms with E-state index in [2.05, 4.69) is 60.3 Å². The van der Waals surface area contributed by atoms with E-state index in [1.54, 1.807) is 18.5 Å². The zero-order chi connectivity index (χ0) is 18.0. The molecule has 1 unspecified atom stereocenters. The molecule has 5 nitrogen and oxygen atoms in total. The summed E-state index contributed by atoms with van der Waals surface area (Å²) >= 11 is 0. The van der Waals surface area contributed by atoms with Gasteiger partial charge in [-0.15, -0.1) is 0 Å². The van der Waals surface area contributed by atoms with E-state index in [-0.39, 0.29) is 17.4 Å². The second-order valence-electron chi connectivity index (χ2n) is 7.26. The summed E-state index contributed by atoms with van der Waals surface area (Å²) in [6.45, 7) is 6.56. The number of amides is 1. The fraction of sp³-hybridized carbons (Fsp3) is 0.300. The molecule has 0 saturated carbocycles. The molecule has 0 aliphatic carbocycles. The Labute approximate surface area is 148 Å². The zero-order valence-corrected chi connectivity index (χ0v) is 15.1. The van der Waals surface area contributed by atoms with Crippen molar-refractivity contribution in [2.45, 2.75) is 32.2 Å². The number of aryl methyl sites for hydroxylation is 1. The molecule has 0 aliphatic rings. The van der Waals surface area contributed by atoms with Crippen LogP contribution in [-0.2, 0) is 12.5 Å². The summed E-state index contributed by atoms with van der Waals surface area (Å²) in [6, 6.07) is 11.6. The highest BCUT2D eigenvalue weighted by Crippen LogP contribution is 2.26. The molecule has 1 amide bonds. The number of H-pyrrole nitrogens is 1. The highest BCUT2D eigenvalue weighted by atomic mass is 16.1. The van der Waals surface area contributed by atoms with Crippen molar-refractivity contribution in [3.05, 3.63) is 77.6 Å². The van der Waals surface area contributed by atoms with Crippen molar-refractivity contribution in [3.63, 3.8) is 0 Å². The van der Waals surface area contributed by atoms with Crippen LogP contribution in [0.3, 0.4) is 0 Å². The first-order valence-corrected chi connectivity index (χ1v) is 8.38. The van der Waals surface area contributed by atoms with Crippen LogP contribution in [0.2, 0.25) is 0 Å². The molecular formula is C20H24N4O. The minimum absolute atomic E-state index is 0.0880. The van der Waals surface area contributed by atoms with Crippen molar-refractivity contribution in [2.75, 3.05) is 0 Å². The topological polar surface area (TPSA) is 62.7 Å². The van der Waals surface area contributed by atoms with Crippen molar-refractivity contribution in [1.82, 2.24) is 19.9 Å². The molecule has 5 heteroatoms. The van der Waals surface area contributed by atoms with E-state index in [9.17, 15) is 4.79 Å². The van der Waals surface area contributed by atoms with Crippen molar-refractivity contribution < 1.29 is 4.79 Å². The van der Waals surface area contributed by atoms with Crippen molar-refractivity contribution in [2.24, 2.45) is 7.05 Å². The molecule has 0 aliphatic heterocycles. The van der Waals surface area contributed by atoms with Gasteiger partial charge in [0.2, 0.25) is 0 Å². The van der Waals surface area contributed by atoms with Crippen molar-refractivity contribution in [1.29, 1.82) is 0 Å². The van der Waals surface area contributed by atoms with Crippen molar-refractivity contribution >= 4 is 5.91 Å². The van der Waals surface area contributed by atoms with Crippen LogP contribution in [0.25, 0.3) is 0 Å². The molecule has 0 spiro atoms. The van der Waals surface area contributed by atoms with E-state index in [0.29, 0.717) is 5.69 Å². The predicted molar refractivity (Wildman–Crippen MR) is 98.5 cm³/mol. The molecule has 130 valence electrons. The lowest BCUT2D eigenvalue weighted by Gasteiger charge is -2.22. The Balaban J connectivity index is 1.94. The Kier molecular flexibility index (Phi) is 4.49. The average molecular weight is 336 g/mol. The van der Waals surface area contributed by atoms with Crippen LogP contribution >= 0.6 is 0 Å². The Morgan fingerprint density at radius 1 is 1.20 bits per heavy atom. The molecule has 0 radical (unpaired) electrons. The van der Waals surface area contributed by atoms with E-state index >= 15 is 0 Å². The summed E-state index contributed by atoms with van der Waals surface area (Å²) in [6.07, 6.45) is 5.36. The van der Waals surface area contributed by atoms with Gasteiger partial charge in [-0.1, -0.05) is 45.0 Å². The number of rotatable bonds is 4. The third-order valence-corrected chi connectivity index (χ3v) is 4.34. The number of nitrogens with zero attached hydrogens (tertiary/aromatic N) is 2. The molecule has 1 aromatic carbocycles. The molecule has 3 rings (SSSR count). The fourth-order valence-corrected chi connectivity index (χ4v) is 2.81. The SMILES string of the molecule is Cn1ccnc1C(NC(=O)c1ccc[nH]1)c1ccc(C(C)(C)C)cc1. The third kappa shape index (κ3) is 3.65. The number of imidazole rings is 1. The summed E-state index contributed by atoms with van der Waals surface area (Å²) in [5.74, 6) is 0.640. The number of carbonyl (C=O) groups excluding carboxylic acids is 1. The highest BCUT2D eigenvalue weighted by molar-refractivity contribution is 5.92. The Morgan fingerprint density at radius 2 is 1.92 bits per heavy atom. The van der Waals surface area contributed by atoms with Gasteiger partial charge in [0, 0.05) is 25.6 Å². The van der Waals surface area contributed by atoms with Gasteiger partial charge >= 0.3 is 0 Å². The molecule has 3 aromatic rings. The van der Waals surface area contributed by atoms with E-state index in [0.717, 1.165) is 11.4 Å². The second kappa shape index (κ2) is 6.59. The second-order valence-corrected chi connectivity index (χ2v) is 7.26. The Morgan fingerprint density at radius 3 is 2.44 bits per heavy atom. The number of aromatic nitrogens is 3. The number of aromatic amines is 1. The Hall–Kier alpha value is -2.82. The predicted octanol–water partition coefficient (Wildman–Crippen LogP) is 3.57. The van der Waals surface area contributed by atoms with Crippen LogP contribution in [-0.4, -0.2) is 20.4 Å². The maximum atomic E-state index is 12.5. The van der Waals surface area contributed by atoms with Crippen LogP contribution in [0.5, 0.6) is 0 Å². The minimum Gasteiger partial charge on any atom is -0.357 e. The van der Waals surface area contributed by atoms with Crippen LogP contribution in [0.15, 0.2) is 55.0 Å². The standard InChI is InChI=1S/C20H24N4O/c1-20(2,3)15-9-7-14(8-10-15)17(18-22-12-13-24(18)4)23-19(25)16-6-5-11-21-16/h5-13,17,21H,1-4H3,(H,23,25). The number of hydrogen-bond acceptors (Lipinski definition) is 2. The maximum Gasteiger partial charge on any atom is 0.268 e. The number of carbonyl (C=O) groups is 1. The first-order chi connectivity index (χ1) is 11.9. The van der Waals surface area contributed by atoms with Crippen molar-refractivity contribution in [3.8, 4) is 0 Å². The van der Waals surface area contributed by atoms with E-state index < -0.39 is 0 Å². The van der Waals surface area contributed by atoms with E-state index in [1.165, 1.54) is 5.56 Å². The van der Waals surface area contributed by atoms with Gasteiger partial charge in [-0.3, -0.25) is 4.79 Å². The van der Waals surface area contributed by atoms with Crippen LogP contribution in [0, 0.1) is 0 Å². The maximum absolute atomic E-state index is 12.5. The van der Waals surface area contributed by atoms with Gasteiger partial charge in [-0.05, 0) is 28.7 Å². The fourth-order valence-electron chi connectivity index (χ4n) is 2.81. The zero-order valence-electron chi connectivity index (χ0n) is 15.1. The van der Waals surface area contributed by atoms with Gasteiger partial charge in [0.25, 0.3) is 5.91 Å². The molecule has 0 bridgehead atoms. The summed E-state index contributed by atoms with van der Waals surface area (Å²) in [5, 5.41) is 3.08. The molecular weight excluding hydrogens is 312 g/mol. The van der Waals surface area contributed by atoms with Crippen LogP contribution in [0.1, 0.15) is 54.3 Å². The molecule has 1 atom stereocenters. The Bertz CT molecular complexity index is 839. The molecule has 2 heterocycles. The summed E-state index contributed by atoms with van der Waals surface area (Å²) in [7, 11) is 1.93. The highest BCUT2D eigenvalue weighted by Gasteiger charge is 2.22. The van der Waals surface area contributed by atoms with Gasteiger partial charge in [-0.25, -0.2) is 4.98 Å². The average Bonchev–Trinajstić information content (AvgIpc) is 3.23. The molecule has 2 aromatic heterocycles. The third-order valence-electron chi connectivity index (χ3n) is 4.34. The van der Waals surface area contributed by atoms with E-state index in [1.807, 2.05) is 23.9 Å². The largest absolute Gasteiger partial charge is 0.357 e. The molecule has 0 fully saturated rings. The lowest BCUT2D eigenvalue weighted by atomic mass is 9.86. The first kappa shape index (κ1) is 17.0. The van der Waals surface area contributed by atoms with Gasteiger partial charge in [0.05, 0.1) is 0 Å². The summed E-state index contributed by atoms with van der Waals surface area (Å²) in [5.41, 5.74) is 2.88. The monoisotopic (exact) mass is 336 g/mol. The number of nitrogens with one attached hydrogen (secondary N) is 2. The van der Waals surface area contributed by atoms with Gasteiger partial charge < -0.3 is 14.9 Å². The lowest BCUT2D eigenvalue weighted by molar-refractivity contribution is 0.0936. The van der Waals surface area contributed by atoms with Crippen LogP contribution < -0.4 is 5.32 Å². The smallest absolute Gasteiger partial charge is 0.268 e. The van der Waals surface area contributed by atoms with Crippen LogP contribution in [0.4, 0.5) is 0 Å². The van der Waals surface area contributed by atoms with E-state index in [4.69, 9.17) is 0 Å². The summed E-state index contributed by atoms with van der Waals surface area (Å²) in [4.78, 5) is 19.9. The summed E-state index contributed by atoms with van der Waals surface area (Å²) < 4.78 is 1.93. The molecule has 0 saturated heterocycles. The van der Waals surface area contributed by atoms with Gasteiger partial charge in [-0.2, -0.15) is 0 Å². The normalized spacial score (nSPS) is 12.8. The quantitative estimate of drug-likeness (QED) is 0.765. The first-order valence-electron chi connectivity index (χ1n) is 8.38. The van der Waals surface area contributed by atoms with Gasteiger partial charge in [0.1, 0.15) is 17.6 Å². The number of benzene rings is 1. The molecule has 2 N–H and O–H groups in total. The lowest BCUT2D eigenvalue weighted by Crippen LogP contribution is -2.31. The number of hydrogen-bond donors (Lipinski definition) is 2. The van der Waals surface area contributed by atoms with Gasteiger partial charge in [0.15, 0.2) is 0 Å². The molecule has 25 heavy (non-hydrogen) atoms. The minimum atomic E-state index is -0.315.